The molecule has 0 aromatic heterocycles. The molecule has 0 bridgehead atoms. The van der Waals surface area contributed by atoms with Crippen molar-refractivity contribution in [3.8, 4) is 0 Å². The molecule has 15 heavy (non-hydrogen) atoms. The van der Waals surface area contributed by atoms with Crippen LogP contribution in [0.5, 0.6) is 0 Å². The Hall–Kier alpha value is -0.520. The summed E-state index contributed by atoms with van der Waals surface area (Å²) in [6.45, 7) is 2.28. The largest absolute Gasteiger partial charge is 0.0770 e. The smallest absolute Gasteiger partial charge is 0.0130 e. The van der Waals surface area contributed by atoms with Gasteiger partial charge in [-0.15, -0.1) is 0 Å². The Kier molecular flexibility index (Phi) is 4.05. The number of unbranched alkanes of at least 4 members (excludes halogenated alkanes) is 1. The molecule has 1 saturated carbocycles. The fourth-order valence-corrected chi connectivity index (χ4v) is 2.90. The molecule has 0 heterocycles. The van der Waals surface area contributed by atoms with Crippen molar-refractivity contribution in [2.45, 2.75) is 64.7 Å². The van der Waals surface area contributed by atoms with E-state index in [0.717, 1.165) is 5.92 Å². The zero-order valence-electron chi connectivity index (χ0n) is 10.1. The van der Waals surface area contributed by atoms with E-state index in [4.69, 9.17) is 0 Å². The van der Waals surface area contributed by atoms with Crippen molar-refractivity contribution in [1.29, 1.82) is 0 Å². The second-order valence-corrected chi connectivity index (χ2v) is 5.15. The summed E-state index contributed by atoms with van der Waals surface area (Å²) >= 11 is 0. The van der Waals surface area contributed by atoms with Crippen molar-refractivity contribution in [1.82, 2.24) is 0 Å². The van der Waals surface area contributed by atoms with E-state index in [1.54, 1.807) is 11.1 Å². The molecular weight excluding hydrogens is 180 g/mol. The summed E-state index contributed by atoms with van der Waals surface area (Å²) in [5.74, 6) is 0.915. The maximum Gasteiger partial charge on any atom is -0.0130 e. The van der Waals surface area contributed by atoms with E-state index in [2.05, 4.69) is 19.1 Å². The van der Waals surface area contributed by atoms with Gasteiger partial charge in [0.2, 0.25) is 0 Å². The topological polar surface area (TPSA) is 0 Å². The van der Waals surface area contributed by atoms with Gasteiger partial charge in [0.1, 0.15) is 0 Å². The Morgan fingerprint density at radius 1 is 1.20 bits per heavy atom. The second-order valence-electron chi connectivity index (χ2n) is 5.15. The third-order valence-electron chi connectivity index (χ3n) is 3.90. The molecule has 2 aliphatic carbocycles. The van der Waals surface area contributed by atoms with E-state index in [1.807, 2.05) is 0 Å². The van der Waals surface area contributed by atoms with Gasteiger partial charge in [0.25, 0.3) is 0 Å². The molecule has 0 heteroatoms. The minimum Gasteiger partial charge on any atom is -0.0770 e. The summed E-state index contributed by atoms with van der Waals surface area (Å²) < 4.78 is 0. The number of allylic oxidation sites excluding steroid dienone is 4. The van der Waals surface area contributed by atoms with Gasteiger partial charge in [0.05, 0.1) is 0 Å². The summed E-state index contributed by atoms with van der Waals surface area (Å²) in [7, 11) is 0. The molecule has 84 valence electrons. The highest BCUT2D eigenvalue weighted by atomic mass is 14.2. The van der Waals surface area contributed by atoms with E-state index >= 15 is 0 Å². The Morgan fingerprint density at radius 3 is 2.73 bits per heavy atom. The van der Waals surface area contributed by atoms with Gasteiger partial charge < -0.3 is 0 Å². The molecule has 0 aromatic rings. The third-order valence-corrected chi connectivity index (χ3v) is 3.90. The van der Waals surface area contributed by atoms with Crippen molar-refractivity contribution in [2.75, 3.05) is 0 Å². The first-order chi connectivity index (χ1) is 7.40. The van der Waals surface area contributed by atoms with Crippen LogP contribution in [0.3, 0.4) is 0 Å². The van der Waals surface area contributed by atoms with Crippen LogP contribution >= 0.6 is 0 Å². The average molecular weight is 204 g/mol. The van der Waals surface area contributed by atoms with Crippen molar-refractivity contribution in [2.24, 2.45) is 5.92 Å². The Balaban J connectivity index is 1.85. The molecule has 0 amide bonds. The van der Waals surface area contributed by atoms with Gasteiger partial charge in [0.15, 0.2) is 0 Å². The molecule has 2 aliphatic rings. The average Bonchev–Trinajstić information content (AvgIpc) is 2.76. The van der Waals surface area contributed by atoms with Crippen LogP contribution in [0, 0.1) is 5.92 Å². The van der Waals surface area contributed by atoms with Crippen LogP contribution in [0.25, 0.3) is 0 Å². The summed E-state index contributed by atoms with van der Waals surface area (Å²) in [4.78, 5) is 0. The van der Waals surface area contributed by atoms with Crippen LogP contribution in [0.15, 0.2) is 23.3 Å². The lowest BCUT2D eigenvalue weighted by Gasteiger charge is -2.21. The van der Waals surface area contributed by atoms with E-state index in [0.29, 0.717) is 0 Å². The quantitative estimate of drug-likeness (QED) is 0.603. The summed E-state index contributed by atoms with van der Waals surface area (Å²) in [5, 5.41) is 0. The van der Waals surface area contributed by atoms with Gasteiger partial charge in [0, 0.05) is 0 Å². The van der Waals surface area contributed by atoms with Crippen LogP contribution in [0.2, 0.25) is 0 Å². The first-order valence-corrected chi connectivity index (χ1v) is 6.79. The zero-order chi connectivity index (χ0) is 10.5. The van der Waals surface area contributed by atoms with Crippen molar-refractivity contribution >= 4 is 0 Å². The SMILES string of the molecule is CCCCC1=CC(C2CCCCC2)=CC1. The highest BCUT2D eigenvalue weighted by Gasteiger charge is 2.18. The van der Waals surface area contributed by atoms with Gasteiger partial charge in [-0.1, -0.05) is 50.3 Å². The summed E-state index contributed by atoms with van der Waals surface area (Å²) in [5.41, 5.74) is 3.37. The van der Waals surface area contributed by atoms with Crippen LogP contribution < -0.4 is 0 Å². The van der Waals surface area contributed by atoms with Crippen molar-refractivity contribution in [3.63, 3.8) is 0 Å². The van der Waals surface area contributed by atoms with Gasteiger partial charge >= 0.3 is 0 Å². The van der Waals surface area contributed by atoms with Crippen LogP contribution in [0.1, 0.15) is 64.7 Å². The zero-order valence-corrected chi connectivity index (χ0v) is 10.1. The van der Waals surface area contributed by atoms with E-state index in [9.17, 15) is 0 Å². The summed E-state index contributed by atoms with van der Waals surface area (Å²) in [6, 6.07) is 0. The van der Waals surface area contributed by atoms with Gasteiger partial charge in [-0.25, -0.2) is 0 Å². The second kappa shape index (κ2) is 5.53. The molecule has 0 unspecified atom stereocenters. The normalized spacial score (nSPS) is 22.7. The van der Waals surface area contributed by atoms with Crippen molar-refractivity contribution in [3.05, 3.63) is 23.3 Å². The van der Waals surface area contributed by atoms with Gasteiger partial charge in [-0.05, 0) is 43.6 Å². The van der Waals surface area contributed by atoms with Gasteiger partial charge in [-0.2, -0.15) is 0 Å². The number of rotatable bonds is 4. The molecule has 0 N–H and O–H groups in total. The molecule has 1 fully saturated rings. The van der Waals surface area contributed by atoms with Crippen molar-refractivity contribution < 1.29 is 0 Å². The molecule has 0 spiro atoms. The molecule has 0 atom stereocenters. The summed E-state index contributed by atoms with van der Waals surface area (Å²) in [6.07, 6.45) is 17.6. The Labute approximate surface area is 94.5 Å². The molecule has 0 aliphatic heterocycles. The maximum absolute atomic E-state index is 2.52. The number of hydrogen-bond acceptors (Lipinski definition) is 0. The first kappa shape index (κ1) is 11.0. The molecule has 2 rings (SSSR count). The van der Waals surface area contributed by atoms with Crippen LogP contribution in [0.4, 0.5) is 0 Å². The molecule has 0 saturated heterocycles. The van der Waals surface area contributed by atoms with Gasteiger partial charge in [-0.3, -0.25) is 0 Å². The first-order valence-electron chi connectivity index (χ1n) is 6.79. The monoisotopic (exact) mass is 204 g/mol. The maximum atomic E-state index is 2.52. The molecular formula is C15H24. The van der Waals surface area contributed by atoms with E-state index in [-0.39, 0.29) is 0 Å². The minimum absolute atomic E-state index is 0.915. The fourth-order valence-electron chi connectivity index (χ4n) is 2.90. The predicted molar refractivity (Wildman–Crippen MR) is 66.9 cm³/mol. The lowest BCUT2D eigenvalue weighted by atomic mass is 9.84. The minimum atomic E-state index is 0.915. The highest BCUT2D eigenvalue weighted by Crippen LogP contribution is 2.35. The third kappa shape index (κ3) is 2.96. The molecule has 0 nitrogen and oxygen atoms in total. The van der Waals surface area contributed by atoms with Crippen LogP contribution in [-0.2, 0) is 0 Å². The standard InChI is InChI=1S/C15H24/c1-2-3-7-13-10-11-15(12-13)14-8-5-4-6-9-14/h11-12,14H,2-10H2,1H3. The highest BCUT2D eigenvalue weighted by molar-refractivity contribution is 5.34. The molecule has 0 aromatic carbocycles. The lowest BCUT2D eigenvalue weighted by molar-refractivity contribution is 0.408. The van der Waals surface area contributed by atoms with E-state index < -0.39 is 0 Å². The fraction of sp³-hybridized carbons (Fsp3) is 0.733. The van der Waals surface area contributed by atoms with Crippen LogP contribution in [-0.4, -0.2) is 0 Å². The Morgan fingerprint density at radius 2 is 2.00 bits per heavy atom. The predicted octanol–water partition coefficient (Wildman–Crippen LogP) is 5.01. The van der Waals surface area contributed by atoms with E-state index in [1.165, 1.54) is 57.8 Å². The molecule has 0 radical (unpaired) electrons. The Bertz CT molecular complexity index is 251. The lowest BCUT2D eigenvalue weighted by Crippen LogP contribution is -2.07. The number of hydrogen-bond donors (Lipinski definition) is 0.